The highest BCUT2D eigenvalue weighted by molar-refractivity contribution is 5.86. The minimum Gasteiger partial charge on any atom is -0.459 e. The van der Waals surface area contributed by atoms with Crippen LogP contribution in [0.1, 0.15) is 37.3 Å². The molecule has 1 N–H and O–H groups in total. The number of carbonyl (C=O) groups excluding carboxylic acids is 3. The zero-order valence-corrected chi connectivity index (χ0v) is 19.4. The van der Waals surface area contributed by atoms with Gasteiger partial charge in [0, 0.05) is 44.2 Å². The maximum absolute atomic E-state index is 14.1. The summed E-state index contributed by atoms with van der Waals surface area (Å²) in [7, 11) is 1.39. The number of nitrogens with one attached hydrogen (secondary N) is 1. The van der Waals surface area contributed by atoms with E-state index in [4.69, 9.17) is 9.47 Å². The van der Waals surface area contributed by atoms with Crippen LogP contribution in [0.3, 0.4) is 0 Å². The van der Waals surface area contributed by atoms with Gasteiger partial charge in [-0.05, 0) is 25.0 Å². The third-order valence-corrected chi connectivity index (χ3v) is 5.92. The van der Waals surface area contributed by atoms with Crippen molar-refractivity contribution in [2.75, 3.05) is 7.11 Å². The van der Waals surface area contributed by atoms with Crippen molar-refractivity contribution in [1.29, 1.82) is 0 Å². The van der Waals surface area contributed by atoms with Gasteiger partial charge in [0.2, 0.25) is 11.8 Å². The molecule has 2 aromatic rings. The van der Waals surface area contributed by atoms with E-state index < -0.39 is 47.5 Å². The molecule has 35 heavy (non-hydrogen) atoms. The SMILES string of the molecule is CO[C@H](C)[C@H](NC(=O)C[C@@H]1CCC(=O)N1Cc1cc(F)cc(F)c1F)C(=O)OCc1ccccc1. The number of ether oxygens (including phenoxy) is 2. The summed E-state index contributed by atoms with van der Waals surface area (Å²) in [6, 6.07) is 8.53. The maximum Gasteiger partial charge on any atom is 0.331 e. The average Bonchev–Trinajstić information content (AvgIpc) is 3.17. The highest BCUT2D eigenvalue weighted by atomic mass is 19.2. The third kappa shape index (κ3) is 6.82. The lowest BCUT2D eigenvalue weighted by atomic mass is 10.1. The molecular formula is C25H27F3N2O5. The lowest BCUT2D eigenvalue weighted by molar-refractivity contribution is -0.153. The van der Waals surface area contributed by atoms with E-state index in [0.29, 0.717) is 12.5 Å². The van der Waals surface area contributed by atoms with Crippen LogP contribution in [0.15, 0.2) is 42.5 Å². The van der Waals surface area contributed by atoms with E-state index in [9.17, 15) is 27.6 Å². The van der Waals surface area contributed by atoms with Gasteiger partial charge in [-0.25, -0.2) is 18.0 Å². The van der Waals surface area contributed by atoms with Crippen LogP contribution in [0.4, 0.5) is 13.2 Å². The Balaban J connectivity index is 1.64. The van der Waals surface area contributed by atoms with E-state index in [-0.39, 0.29) is 37.5 Å². The van der Waals surface area contributed by atoms with Gasteiger partial charge in [0.15, 0.2) is 17.7 Å². The first-order valence-corrected chi connectivity index (χ1v) is 11.1. The van der Waals surface area contributed by atoms with E-state index >= 15 is 0 Å². The first-order valence-electron chi connectivity index (χ1n) is 11.1. The first kappa shape index (κ1) is 26.2. The van der Waals surface area contributed by atoms with Crippen molar-refractivity contribution < 1.29 is 37.0 Å². The van der Waals surface area contributed by atoms with Crippen molar-refractivity contribution in [3.05, 3.63) is 71.0 Å². The number of esters is 1. The highest BCUT2D eigenvalue weighted by Crippen LogP contribution is 2.26. The topological polar surface area (TPSA) is 84.9 Å². The van der Waals surface area contributed by atoms with Gasteiger partial charge in [0.05, 0.1) is 6.10 Å². The molecule has 2 aromatic carbocycles. The van der Waals surface area contributed by atoms with Crippen molar-refractivity contribution in [2.24, 2.45) is 0 Å². The van der Waals surface area contributed by atoms with Crippen LogP contribution in [0.25, 0.3) is 0 Å². The van der Waals surface area contributed by atoms with Gasteiger partial charge in [0.1, 0.15) is 12.4 Å². The molecule has 3 atom stereocenters. The van der Waals surface area contributed by atoms with Crippen molar-refractivity contribution in [3.63, 3.8) is 0 Å². The van der Waals surface area contributed by atoms with E-state index in [0.717, 1.165) is 11.6 Å². The molecule has 0 spiro atoms. The molecule has 1 saturated heterocycles. The highest BCUT2D eigenvalue weighted by Gasteiger charge is 2.35. The van der Waals surface area contributed by atoms with Gasteiger partial charge in [-0.2, -0.15) is 0 Å². The molecule has 0 saturated carbocycles. The van der Waals surface area contributed by atoms with Crippen molar-refractivity contribution in [3.8, 4) is 0 Å². The van der Waals surface area contributed by atoms with Crippen LogP contribution in [-0.4, -0.2) is 48.0 Å². The molecule has 0 bridgehead atoms. The molecule has 1 fully saturated rings. The van der Waals surface area contributed by atoms with Crippen LogP contribution >= 0.6 is 0 Å². The summed E-state index contributed by atoms with van der Waals surface area (Å²) in [5, 5.41) is 2.59. The molecule has 0 unspecified atom stereocenters. The zero-order valence-electron chi connectivity index (χ0n) is 19.4. The van der Waals surface area contributed by atoms with Gasteiger partial charge in [-0.3, -0.25) is 9.59 Å². The van der Waals surface area contributed by atoms with Crippen LogP contribution in [-0.2, 0) is 37.0 Å². The summed E-state index contributed by atoms with van der Waals surface area (Å²) < 4.78 is 51.8. The molecule has 7 nitrogen and oxygen atoms in total. The van der Waals surface area contributed by atoms with Gasteiger partial charge in [-0.15, -0.1) is 0 Å². The third-order valence-electron chi connectivity index (χ3n) is 5.92. The van der Waals surface area contributed by atoms with Crippen LogP contribution in [0.2, 0.25) is 0 Å². The second kappa shape index (κ2) is 11.8. The Morgan fingerprint density at radius 3 is 2.57 bits per heavy atom. The number of amides is 2. The predicted molar refractivity (Wildman–Crippen MR) is 119 cm³/mol. The molecule has 188 valence electrons. The Bertz CT molecular complexity index is 1070. The number of methoxy groups -OCH3 is 1. The molecule has 0 radical (unpaired) electrons. The minimum atomic E-state index is -1.36. The fraction of sp³-hybridized carbons (Fsp3) is 0.400. The fourth-order valence-corrected chi connectivity index (χ4v) is 3.90. The largest absolute Gasteiger partial charge is 0.459 e. The molecule has 1 aliphatic rings. The van der Waals surface area contributed by atoms with Gasteiger partial charge >= 0.3 is 5.97 Å². The van der Waals surface area contributed by atoms with Crippen LogP contribution < -0.4 is 5.32 Å². The quantitative estimate of drug-likeness (QED) is 0.407. The second-order valence-corrected chi connectivity index (χ2v) is 8.36. The normalized spacial score (nSPS) is 17.2. The van der Waals surface area contributed by atoms with Gasteiger partial charge < -0.3 is 19.7 Å². The first-order chi connectivity index (χ1) is 16.7. The number of benzene rings is 2. The molecule has 1 heterocycles. The summed E-state index contributed by atoms with van der Waals surface area (Å²) in [5.41, 5.74) is 0.454. The van der Waals surface area contributed by atoms with Gasteiger partial charge in [0.25, 0.3) is 0 Å². The van der Waals surface area contributed by atoms with Crippen molar-refractivity contribution in [2.45, 2.75) is 57.5 Å². The zero-order chi connectivity index (χ0) is 25.5. The summed E-state index contributed by atoms with van der Waals surface area (Å²) in [4.78, 5) is 39.0. The fourth-order valence-electron chi connectivity index (χ4n) is 3.90. The second-order valence-electron chi connectivity index (χ2n) is 8.36. The molecule has 0 aliphatic carbocycles. The van der Waals surface area contributed by atoms with E-state index in [2.05, 4.69) is 5.32 Å². The number of halogens is 3. The lowest BCUT2D eigenvalue weighted by Gasteiger charge is -2.27. The average molecular weight is 492 g/mol. The standard InChI is InChI=1S/C25H27F3N2O5/c1-15(34-2)24(25(33)35-14-16-6-4-3-5-7-16)29-21(31)12-19-8-9-22(32)30(19)13-17-10-18(26)11-20(27)23(17)28/h3-7,10-11,15,19,24H,8-9,12-14H2,1-2H3,(H,29,31)/t15-,19+,24+/m1/s1. The summed E-state index contributed by atoms with van der Waals surface area (Å²) >= 11 is 0. The number of hydrogen-bond donors (Lipinski definition) is 1. The summed E-state index contributed by atoms with van der Waals surface area (Å²) in [6.07, 6.45) is -0.486. The molecule has 0 aromatic heterocycles. The Hall–Kier alpha value is -3.40. The predicted octanol–water partition coefficient (Wildman–Crippen LogP) is 3.25. The number of rotatable bonds is 10. The lowest BCUT2D eigenvalue weighted by Crippen LogP contribution is -2.50. The molecular weight excluding hydrogens is 465 g/mol. The molecule has 2 amide bonds. The van der Waals surface area contributed by atoms with E-state index in [1.54, 1.807) is 31.2 Å². The number of likely N-dealkylation sites (tertiary alicyclic amines) is 1. The molecule has 3 rings (SSSR count). The minimum absolute atomic E-state index is 0.0170. The Morgan fingerprint density at radius 1 is 1.17 bits per heavy atom. The smallest absolute Gasteiger partial charge is 0.331 e. The van der Waals surface area contributed by atoms with E-state index in [1.807, 2.05) is 6.07 Å². The Morgan fingerprint density at radius 2 is 1.89 bits per heavy atom. The van der Waals surface area contributed by atoms with Crippen LogP contribution in [0, 0.1) is 17.5 Å². The van der Waals surface area contributed by atoms with Gasteiger partial charge in [-0.1, -0.05) is 30.3 Å². The number of carbonyl (C=O) groups is 3. The van der Waals surface area contributed by atoms with Crippen LogP contribution in [0.5, 0.6) is 0 Å². The van der Waals surface area contributed by atoms with Crippen molar-refractivity contribution >= 4 is 17.8 Å². The monoisotopic (exact) mass is 492 g/mol. The summed E-state index contributed by atoms with van der Waals surface area (Å²) in [5.74, 6) is -5.17. The molecule has 10 heteroatoms. The number of hydrogen-bond acceptors (Lipinski definition) is 5. The van der Waals surface area contributed by atoms with E-state index in [1.165, 1.54) is 12.0 Å². The summed E-state index contributed by atoms with van der Waals surface area (Å²) in [6.45, 7) is 1.23. The maximum atomic E-state index is 14.1. The molecule has 1 aliphatic heterocycles. The Kier molecular flexibility index (Phi) is 8.86. The van der Waals surface area contributed by atoms with Crippen molar-refractivity contribution in [1.82, 2.24) is 10.2 Å². The number of nitrogens with zero attached hydrogens (tertiary/aromatic N) is 1. The Labute approximate surface area is 201 Å².